The summed E-state index contributed by atoms with van der Waals surface area (Å²) in [6.45, 7) is 0. The highest BCUT2D eigenvalue weighted by Gasteiger charge is 2.76. The molecular formula is C36H28Cl2FN3O9. The Kier molecular flexibility index (Phi) is 8.18. The lowest BCUT2D eigenvalue weighted by atomic mass is 9.57. The number of benzene rings is 3. The molecule has 4 aliphatic rings. The van der Waals surface area contributed by atoms with E-state index in [9.17, 15) is 38.8 Å². The van der Waals surface area contributed by atoms with Crippen molar-refractivity contribution in [1.29, 1.82) is 0 Å². The molecule has 7 rings (SSSR count). The number of allylic oxidation sites excluding steroid dienone is 3. The summed E-state index contributed by atoms with van der Waals surface area (Å²) in [5, 5.41) is 21.7. The van der Waals surface area contributed by atoms with E-state index >= 15 is 0 Å². The number of non-ortho nitro benzene ring substituents is 1. The van der Waals surface area contributed by atoms with Gasteiger partial charge in [-0.3, -0.25) is 34.2 Å². The van der Waals surface area contributed by atoms with Gasteiger partial charge in [0.2, 0.25) is 17.6 Å². The Morgan fingerprint density at radius 3 is 2.08 bits per heavy atom. The smallest absolute Gasteiger partial charge is 0.269 e. The largest absolute Gasteiger partial charge is 0.502 e. The first-order valence-corrected chi connectivity index (χ1v) is 16.5. The molecule has 2 aliphatic carbocycles. The molecule has 3 aromatic rings. The van der Waals surface area contributed by atoms with E-state index in [1.165, 1.54) is 62.8 Å². The minimum Gasteiger partial charge on any atom is -0.502 e. The summed E-state index contributed by atoms with van der Waals surface area (Å²) in [6, 6.07) is 12.7. The Morgan fingerprint density at radius 1 is 0.902 bits per heavy atom. The summed E-state index contributed by atoms with van der Waals surface area (Å²) in [4.78, 5) is 65.0. The SMILES string of the molecule is COc1cc(C=CC2C3=CCC4C(=O)N(c5ccc([N+](=O)[O-])cc5)C(=O)C4C3CC3(Cl)C(=O)N(c4ccc(F)cc4)C(=O)C23Cl)cc(OC)c1O. The van der Waals surface area contributed by atoms with Crippen molar-refractivity contribution in [2.75, 3.05) is 24.0 Å². The average Bonchev–Trinajstić information content (AvgIpc) is 3.46. The second-order valence-corrected chi connectivity index (χ2v) is 14.0. The highest BCUT2D eigenvalue weighted by atomic mass is 35.5. The first kappa shape index (κ1) is 34.2. The van der Waals surface area contributed by atoms with Crippen molar-refractivity contribution in [2.45, 2.75) is 22.6 Å². The number of hydrogen-bond acceptors (Lipinski definition) is 9. The number of amides is 4. The molecule has 4 amide bonds. The summed E-state index contributed by atoms with van der Waals surface area (Å²) in [6.07, 6.45) is 4.74. The van der Waals surface area contributed by atoms with E-state index in [4.69, 9.17) is 32.7 Å². The van der Waals surface area contributed by atoms with Crippen LogP contribution in [-0.2, 0) is 19.2 Å². The van der Waals surface area contributed by atoms with Crippen LogP contribution in [0.15, 0.2) is 78.4 Å². The number of anilines is 2. The van der Waals surface area contributed by atoms with Crippen LogP contribution in [0, 0.1) is 39.6 Å². The van der Waals surface area contributed by atoms with Crippen molar-refractivity contribution in [3.63, 3.8) is 0 Å². The zero-order chi connectivity index (χ0) is 36.6. The number of halogens is 3. The number of phenolic OH excluding ortho intramolecular Hbond substituents is 1. The van der Waals surface area contributed by atoms with Crippen LogP contribution in [0.25, 0.3) is 6.08 Å². The molecule has 12 nitrogen and oxygen atoms in total. The topological polar surface area (TPSA) is 157 Å². The second kappa shape index (κ2) is 12.2. The standard InChI is InChI=1S/C36H28Cl2FN3O9/c1-50-27-15-18(16-28(51-2)30(27)43)3-14-26-23-12-13-24-29(32(45)40(31(24)44)20-8-10-22(11-9-20)42(48)49)25(23)17-35(37)33(46)41(34(47)36(26,35)38)21-6-4-19(39)5-7-21/h3-12,14-16,24-26,29,43H,13,17H2,1-2H3. The summed E-state index contributed by atoms with van der Waals surface area (Å²) >= 11 is 14.7. The molecule has 2 aliphatic heterocycles. The van der Waals surface area contributed by atoms with E-state index in [1.54, 1.807) is 18.2 Å². The Morgan fingerprint density at radius 2 is 1.49 bits per heavy atom. The number of carbonyl (C=O) groups is 4. The molecule has 0 bridgehead atoms. The van der Waals surface area contributed by atoms with Gasteiger partial charge >= 0.3 is 0 Å². The molecule has 0 spiro atoms. The van der Waals surface area contributed by atoms with Gasteiger partial charge in [0, 0.05) is 18.1 Å². The monoisotopic (exact) mass is 735 g/mol. The lowest BCUT2D eigenvalue weighted by Crippen LogP contribution is -2.60. The van der Waals surface area contributed by atoms with Crippen LogP contribution in [0.3, 0.4) is 0 Å². The quantitative estimate of drug-likeness (QED) is 0.105. The summed E-state index contributed by atoms with van der Waals surface area (Å²) in [5.41, 5.74) is 0.953. The van der Waals surface area contributed by atoms with Crippen molar-refractivity contribution >= 4 is 70.0 Å². The van der Waals surface area contributed by atoms with Gasteiger partial charge in [-0.2, -0.15) is 0 Å². The van der Waals surface area contributed by atoms with Gasteiger partial charge in [-0.15, -0.1) is 23.2 Å². The van der Waals surface area contributed by atoms with Crippen molar-refractivity contribution in [1.82, 2.24) is 0 Å². The zero-order valence-electron chi connectivity index (χ0n) is 26.9. The van der Waals surface area contributed by atoms with Crippen molar-refractivity contribution in [3.8, 4) is 17.2 Å². The van der Waals surface area contributed by atoms with Crippen LogP contribution in [0.4, 0.5) is 21.5 Å². The van der Waals surface area contributed by atoms with Crippen LogP contribution >= 0.6 is 23.2 Å². The van der Waals surface area contributed by atoms with Gasteiger partial charge in [0.25, 0.3) is 17.5 Å². The normalized spacial score (nSPS) is 28.5. The molecule has 2 heterocycles. The molecule has 1 N–H and O–H groups in total. The molecule has 0 aromatic heterocycles. The molecule has 3 fully saturated rings. The van der Waals surface area contributed by atoms with Gasteiger partial charge in [0.1, 0.15) is 5.82 Å². The van der Waals surface area contributed by atoms with E-state index in [1.807, 2.05) is 0 Å². The molecule has 0 radical (unpaired) electrons. The van der Waals surface area contributed by atoms with Gasteiger partial charge in [0.05, 0.1) is 42.4 Å². The first-order valence-electron chi connectivity index (χ1n) is 15.7. The van der Waals surface area contributed by atoms with Crippen LogP contribution in [0.1, 0.15) is 18.4 Å². The molecule has 51 heavy (non-hydrogen) atoms. The Balaban J connectivity index is 1.35. The number of imide groups is 2. The molecule has 2 saturated heterocycles. The number of hydrogen-bond donors (Lipinski definition) is 1. The fourth-order valence-electron chi connectivity index (χ4n) is 7.84. The van der Waals surface area contributed by atoms with Gasteiger partial charge in [0.15, 0.2) is 21.2 Å². The van der Waals surface area contributed by atoms with E-state index in [2.05, 4.69) is 0 Å². The Labute approximate surface area is 299 Å². The first-order chi connectivity index (χ1) is 24.3. The maximum atomic E-state index is 14.4. The molecule has 1 saturated carbocycles. The number of carbonyl (C=O) groups excluding carboxylic acids is 4. The highest BCUT2D eigenvalue weighted by Crippen LogP contribution is 2.63. The maximum absolute atomic E-state index is 14.4. The zero-order valence-corrected chi connectivity index (χ0v) is 28.4. The van der Waals surface area contributed by atoms with Crippen LogP contribution in [0.5, 0.6) is 17.2 Å². The van der Waals surface area contributed by atoms with Crippen molar-refractivity contribution in [3.05, 3.63) is 99.9 Å². The lowest BCUT2D eigenvalue weighted by Gasteiger charge is -2.49. The fourth-order valence-corrected chi connectivity index (χ4v) is 8.73. The minimum atomic E-state index is -2.14. The number of methoxy groups -OCH3 is 2. The van der Waals surface area contributed by atoms with Crippen molar-refractivity contribution in [2.24, 2.45) is 23.7 Å². The molecule has 3 aromatic carbocycles. The lowest BCUT2D eigenvalue weighted by molar-refractivity contribution is -0.384. The van der Waals surface area contributed by atoms with E-state index in [-0.39, 0.29) is 47.2 Å². The number of aromatic hydroxyl groups is 1. The molecular weight excluding hydrogens is 708 g/mol. The number of phenols is 1. The number of fused-ring (bicyclic) bond motifs is 4. The number of alkyl halides is 2. The predicted octanol–water partition coefficient (Wildman–Crippen LogP) is 5.77. The molecule has 6 unspecified atom stereocenters. The van der Waals surface area contributed by atoms with Crippen LogP contribution in [0.2, 0.25) is 0 Å². The molecule has 15 heteroatoms. The van der Waals surface area contributed by atoms with Gasteiger partial charge in [-0.05, 0) is 72.9 Å². The third-order valence-corrected chi connectivity index (χ3v) is 11.7. The Bertz CT molecular complexity index is 2060. The van der Waals surface area contributed by atoms with Crippen LogP contribution in [-0.4, -0.2) is 57.6 Å². The number of rotatable bonds is 7. The molecule has 6 atom stereocenters. The average molecular weight is 737 g/mol. The third-order valence-electron chi connectivity index (χ3n) is 10.3. The maximum Gasteiger partial charge on any atom is 0.269 e. The Hall–Kier alpha value is -5.27. The molecule has 262 valence electrons. The minimum absolute atomic E-state index is 0.0443. The number of ether oxygens (including phenoxy) is 2. The van der Waals surface area contributed by atoms with E-state index < -0.39 is 67.8 Å². The fraction of sp³-hybridized carbons (Fsp3) is 0.278. The summed E-state index contributed by atoms with van der Waals surface area (Å²) in [5.74, 6) is -7.26. The number of nitro groups is 1. The van der Waals surface area contributed by atoms with E-state index in [0.717, 1.165) is 21.9 Å². The summed E-state index contributed by atoms with van der Waals surface area (Å²) < 4.78 is 24.5. The summed E-state index contributed by atoms with van der Waals surface area (Å²) in [7, 11) is 2.72. The van der Waals surface area contributed by atoms with E-state index in [0.29, 0.717) is 11.1 Å². The van der Waals surface area contributed by atoms with Gasteiger partial charge in [-0.25, -0.2) is 9.29 Å². The van der Waals surface area contributed by atoms with Gasteiger partial charge in [-0.1, -0.05) is 23.8 Å². The predicted molar refractivity (Wildman–Crippen MR) is 183 cm³/mol. The van der Waals surface area contributed by atoms with Crippen molar-refractivity contribution < 1.29 is 43.1 Å². The number of nitrogens with zero attached hydrogens (tertiary/aromatic N) is 3. The second-order valence-electron chi connectivity index (χ2n) is 12.7. The third kappa shape index (κ3) is 4.93. The van der Waals surface area contributed by atoms with Gasteiger partial charge < -0.3 is 14.6 Å². The number of nitro benzene ring substituents is 1. The van der Waals surface area contributed by atoms with Crippen LogP contribution < -0.4 is 19.3 Å². The highest BCUT2D eigenvalue weighted by molar-refractivity contribution is 6.58.